The van der Waals surface area contributed by atoms with E-state index in [4.69, 9.17) is 4.42 Å². The van der Waals surface area contributed by atoms with Gasteiger partial charge in [-0.25, -0.2) is 0 Å². The Labute approximate surface area is 107 Å². The molecule has 0 saturated heterocycles. The molecule has 1 aromatic carbocycles. The smallest absolute Gasteiger partial charge is 0.314 e. The zero-order valence-electron chi connectivity index (χ0n) is 9.90. The number of hydrogen-bond acceptors (Lipinski definition) is 4. The highest BCUT2D eigenvalue weighted by atomic mass is 16.3. The van der Waals surface area contributed by atoms with Crippen LogP contribution in [0.2, 0.25) is 0 Å². The number of fused-ring (bicyclic) bond motifs is 1. The van der Waals surface area contributed by atoms with Crippen LogP contribution < -0.4 is 16.4 Å². The van der Waals surface area contributed by atoms with Gasteiger partial charge in [-0.15, -0.1) is 0 Å². The Hall–Kier alpha value is -2.76. The molecule has 6 heteroatoms. The number of furan rings is 1. The van der Waals surface area contributed by atoms with E-state index in [1.807, 2.05) is 18.2 Å². The number of rotatable bonds is 3. The lowest BCUT2D eigenvalue weighted by Gasteiger charge is -2.05. The monoisotopic (exact) mass is 257 g/mol. The van der Waals surface area contributed by atoms with Gasteiger partial charge in [0, 0.05) is 5.69 Å². The van der Waals surface area contributed by atoms with Crippen molar-refractivity contribution in [3.8, 4) is 0 Å². The van der Waals surface area contributed by atoms with Crippen LogP contribution in [-0.2, 0) is 6.54 Å². The van der Waals surface area contributed by atoms with E-state index in [1.165, 1.54) is 0 Å². The number of aromatic amines is 2. The van der Waals surface area contributed by atoms with Gasteiger partial charge >= 0.3 is 11.1 Å². The zero-order valence-corrected chi connectivity index (χ0v) is 9.90. The summed E-state index contributed by atoms with van der Waals surface area (Å²) in [6.07, 6.45) is 1.61. The highest BCUT2D eigenvalue weighted by Gasteiger charge is 2.01. The van der Waals surface area contributed by atoms with Crippen LogP contribution in [0.4, 0.5) is 5.69 Å². The Balaban J connectivity index is 1.91. The minimum absolute atomic E-state index is 0.548. The molecule has 3 rings (SSSR count). The van der Waals surface area contributed by atoms with E-state index in [0.29, 0.717) is 17.6 Å². The molecule has 3 aromatic rings. The first kappa shape index (κ1) is 11.3. The molecule has 0 aliphatic heterocycles. The van der Waals surface area contributed by atoms with Crippen molar-refractivity contribution in [2.24, 2.45) is 0 Å². The second-order valence-electron chi connectivity index (χ2n) is 4.10. The van der Waals surface area contributed by atoms with Crippen molar-refractivity contribution in [2.75, 3.05) is 5.32 Å². The molecule has 2 heterocycles. The lowest BCUT2D eigenvalue weighted by atomic mass is 10.2. The van der Waals surface area contributed by atoms with Gasteiger partial charge in [-0.05, 0) is 30.3 Å². The van der Waals surface area contributed by atoms with Crippen LogP contribution in [0.1, 0.15) is 5.76 Å². The third-order valence-electron chi connectivity index (χ3n) is 2.77. The Kier molecular flexibility index (Phi) is 2.68. The Morgan fingerprint density at radius 1 is 1.05 bits per heavy atom. The van der Waals surface area contributed by atoms with Gasteiger partial charge < -0.3 is 19.7 Å². The lowest BCUT2D eigenvalue weighted by Crippen LogP contribution is -2.28. The second kappa shape index (κ2) is 4.49. The molecule has 96 valence electrons. The van der Waals surface area contributed by atoms with Crippen molar-refractivity contribution in [3.05, 3.63) is 63.1 Å². The standard InChI is InChI=1S/C13H11N3O3/c17-12-13(18)16-11-6-8(3-4-10(11)15-12)14-7-9-2-1-5-19-9/h1-6,14H,7H2,(H,15,17)(H,16,18). The number of H-pyrrole nitrogens is 2. The van der Waals surface area contributed by atoms with Gasteiger partial charge in [0.15, 0.2) is 0 Å². The Bertz CT molecular complexity index is 815. The van der Waals surface area contributed by atoms with Crippen molar-refractivity contribution < 1.29 is 4.42 Å². The molecule has 3 N–H and O–H groups in total. The summed E-state index contributed by atoms with van der Waals surface area (Å²) < 4.78 is 5.21. The SMILES string of the molecule is O=c1[nH]c2ccc(NCc3ccco3)cc2[nH]c1=O. The summed E-state index contributed by atoms with van der Waals surface area (Å²) in [5.74, 6) is 0.815. The molecule has 0 aliphatic rings. The Morgan fingerprint density at radius 3 is 2.58 bits per heavy atom. The predicted octanol–water partition coefficient (Wildman–Crippen LogP) is 1.42. The first-order valence-electron chi connectivity index (χ1n) is 5.75. The van der Waals surface area contributed by atoms with E-state index in [0.717, 1.165) is 11.4 Å². The topological polar surface area (TPSA) is 90.9 Å². The number of hydrogen-bond donors (Lipinski definition) is 3. The Morgan fingerprint density at radius 2 is 1.84 bits per heavy atom. The molecule has 19 heavy (non-hydrogen) atoms. The van der Waals surface area contributed by atoms with E-state index in [2.05, 4.69) is 15.3 Å². The van der Waals surface area contributed by atoms with Gasteiger partial charge in [0.2, 0.25) is 0 Å². The van der Waals surface area contributed by atoms with Crippen molar-refractivity contribution in [2.45, 2.75) is 6.54 Å². The molecular weight excluding hydrogens is 246 g/mol. The maximum atomic E-state index is 11.3. The lowest BCUT2D eigenvalue weighted by molar-refractivity contribution is 0.518. The van der Waals surface area contributed by atoms with Crippen LogP contribution in [0.5, 0.6) is 0 Å². The fraction of sp³-hybridized carbons (Fsp3) is 0.0769. The minimum atomic E-state index is -0.657. The van der Waals surface area contributed by atoms with Crippen molar-refractivity contribution in [3.63, 3.8) is 0 Å². The van der Waals surface area contributed by atoms with Gasteiger partial charge in [0.05, 0.1) is 23.8 Å². The molecule has 0 amide bonds. The number of anilines is 1. The second-order valence-corrected chi connectivity index (χ2v) is 4.10. The van der Waals surface area contributed by atoms with Gasteiger partial charge in [-0.2, -0.15) is 0 Å². The van der Waals surface area contributed by atoms with Gasteiger partial charge in [-0.3, -0.25) is 9.59 Å². The summed E-state index contributed by atoms with van der Waals surface area (Å²) in [5, 5.41) is 3.17. The van der Waals surface area contributed by atoms with Crippen LogP contribution in [0, 0.1) is 0 Å². The van der Waals surface area contributed by atoms with E-state index >= 15 is 0 Å². The molecule has 0 atom stereocenters. The van der Waals surface area contributed by atoms with Crippen LogP contribution in [0.3, 0.4) is 0 Å². The summed E-state index contributed by atoms with van der Waals surface area (Å²) in [6, 6.07) is 9.00. The fourth-order valence-electron chi connectivity index (χ4n) is 1.83. The largest absolute Gasteiger partial charge is 0.467 e. The fourth-order valence-corrected chi connectivity index (χ4v) is 1.83. The van der Waals surface area contributed by atoms with Crippen LogP contribution >= 0.6 is 0 Å². The third kappa shape index (κ3) is 2.28. The highest BCUT2D eigenvalue weighted by Crippen LogP contribution is 2.14. The normalized spacial score (nSPS) is 10.7. The molecule has 2 aromatic heterocycles. The third-order valence-corrected chi connectivity index (χ3v) is 2.77. The highest BCUT2D eigenvalue weighted by molar-refractivity contribution is 5.78. The van der Waals surface area contributed by atoms with E-state index in [-0.39, 0.29) is 0 Å². The summed E-state index contributed by atoms with van der Waals surface area (Å²) in [5.41, 5.74) is 0.688. The van der Waals surface area contributed by atoms with Gasteiger partial charge in [-0.1, -0.05) is 0 Å². The van der Waals surface area contributed by atoms with Crippen molar-refractivity contribution in [1.82, 2.24) is 9.97 Å². The van der Waals surface area contributed by atoms with E-state index < -0.39 is 11.1 Å². The molecule has 0 radical (unpaired) electrons. The molecule has 0 unspecified atom stereocenters. The number of aromatic nitrogens is 2. The minimum Gasteiger partial charge on any atom is -0.467 e. The molecule has 0 bridgehead atoms. The predicted molar refractivity (Wildman–Crippen MR) is 71.2 cm³/mol. The summed E-state index contributed by atoms with van der Waals surface area (Å²) in [4.78, 5) is 27.5. The molecule has 6 nitrogen and oxygen atoms in total. The first-order valence-corrected chi connectivity index (χ1v) is 5.75. The van der Waals surface area contributed by atoms with Crippen LogP contribution in [-0.4, -0.2) is 9.97 Å². The van der Waals surface area contributed by atoms with Crippen LogP contribution in [0.25, 0.3) is 11.0 Å². The average Bonchev–Trinajstić information content (AvgIpc) is 2.91. The molecule has 0 spiro atoms. The van der Waals surface area contributed by atoms with Gasteiger partial charge in [0.25, 0.3) is 0 Å². The van der Waals surface area contributed by atoms with E-state index in [1.54, 1.807) is 18.4 Å². The van der Waals surface area contributed by atoms with Crippen LogP contribution in [0.15, 0.2) is 50.6 Å². The first-order chi connectivity index (χ1) is 9.22. The summed E-state index contributed by atoms with van der Waals surface area (Å²) >= 11 is 0. The van der Waals surface area contributed by atoms with E-state index in [9.17, 15) is 9.59 Å². The summed E-state index contributed by atoms with van der Waals surface area (Å²) in [6.45, 7) is 0.548. The molecule has 0 aliphatic carbocycles. The quantitative estimate of drug-likeness (QED) is 0.619. The number of benzene rings is 1. The maximum Gasteiger partial charge on any atom is 0.314 e. The molecular formula is C13H11N3O3. The molecule has 0 fully saturated rings. The number of nitrogens with one attached hydrogen (secondary N) is 3. The zero-order chi connectivity index (χ0) is 13.2. The summed E-state index contributed by atoms with van der Waals surface area (Å²) in [7, 11) is 0. The van der Waals surface area contributed by atoms with Gasteiger partial charge in [0.1, 0.15) is 5.76 Å². The average molecular weight is 257 g/mol. The molecule has 0 saturated carbocycles. The maximum absolute atomic E-state index is 11.3. The van der Waals surface area contributed by atoms with Crippen molar-refractivity contribution >= 4 is 16.7 Å². The van der Waals surface area contributed by atoms with Crippen molar-refractivity contribution in [1.29, 1.82) is 0 Å².